The lowest BCUT2D eigenvalue weighted by atomic mass is 10.1. The van der Waals surface area contributed by atoms with Crippen LogP contribution in [0.15, 0.2) is 11.1 Å². The largest absolute Gasteiger partial charge is 0.382 e. The molecule has 3 unspecified atom stereocenters. The second-order valence-corrected chi connectivity index (χ2v) is 9.20. The van der Waals surface area contributed by atoms with Crippen LogP contribution in [0.5, 0.6) is 0 Å². The topological polar surface area (TPSA) is 156 Å². The van der Waals surface area contributed by atoms with Crippen LogP contribution in [0, 0.1) is 0 Å². The first-order chi connectivity index (χ1) is 13.8. The van der Waals surface area contributed by atoms with Crippen LogP contribution in [0.1, 0.15) is 19.6 Å². The number of nitrogens with one attached hydrogen (secondary N) is 1. The molecule has 0 bridgehead atoms. The molecule has 1 aliphatic rings. The molecule has 2 aromatic heterocycles. The first-order valence-electron chi connectivity index (χ1n) is 8.86. The number of nitrogens with zero attached hydrogens (tertiary/aromatic N) is 3. The Hall–Kier alpha value is -1.44. The highest BCUT2D eigenvalue weighted by atomic mass is 32.5. The molecule has 1 fully saturated rings. The van der Waals surface area contributed by atoms with Crippen molar-refractivity contribution in [2.24, 2.45) is 0 Å². The summed E-state index contributed by atoms with van der Waals surface area (Å²) >= 11 is 5.01. The number of rotatable bonds is 9. The van der Waals surface area contributed by atoms with E-state index in [2.05, 4.69) is 15.0 Å². The Bertz CT molecular complexity index is 953. The summed E-state index contributed by atoms with van der Waals surface area (Å²) in [5, 5.41) is 0. The van der Waals surface area contributed by atoms with Crippen molar-refractivity contribution >= 4 is 35.6 Å². The van der Waals surface area contributed by atoms with Gasteiger partial charge < -0.3 is 29.4 Å². The zero-order valence-electron chi connectivity index (χ0n) is 16.2. The Balaban J connectivity index is 2.02. The molecule has 12 nitrogen and oxygen atoms in total. The van der Waals surface area contributed by atoms with Gasteiger partial charge in [0.05, 0.1) is 25.6 Å². The van der Waals surface area contributed by atoms with Gasteiger partial charge in [-0.1, -0.05) is 6.92 Å². The minimum absolute atomic E-state index is 0.0517. The Morgan fingerprint density at radius 1 is 1.41 bits per heavy atom. The van der Waals surface area contributed by atoms with Crippen molar-refractivity contribution in [3.8, 4) is 0 Å². The molecule has 162 valence electrons. The van der Waals surface area contributed by atoms with Crippen molar-refractivity contribution in [1.29, 1.82) is 0 Å². The number of hydrogen-bond donors (Lipinski definition) is 3. The monoisotopic (exact) mass is 449 g/mol. The highest BCUT2D eigenvalue weighted by Crippen LogP contribution is 2.49. The van der Waals surface area contributed by atoms with E-state index in [9.17, 15) is 9.69 Å². The Morgan fingerprint density at radius 3 is 2.83 bits per heavy atom. The van der Waals surface area contributed by atoms with Gasteiger partial charge in [0, 0.05) is 14.2 Å². The third-order valence-electron chi connectivity index (χ3n) is 4.50. The quantitative estimate of drug-likeness (QED) is 0.357. The van der Waals surface area contributed by atoms with Crippen molar-refractivity contribution in [3.63, 3.8) is 0 Å². The lowest BCUT2D eigenvalue weighted by Gasteiger charge is -2.27. The van der Waals surface area contributed by atoms with Crippen molar-refractivity contribution in [2.75, 3.05) is 33.2 Å². The van der Waals surface area contributed by atoms with Crippen molar-refractivity contribution < 1.29 is 28.2 Å². The van der Waals surface area contributed by atoms with E-state index < -0.39 is 36.8 Å². The van der Waals surface area contributed by atoms with Crippen LogP contribution in [0.2, 0.25) is 0 Å². The molecule has 14 heteroatoms. The normalized spacial score (nSPS) is 26.8. The summed E-state index contributed by atoms with van der Waals surface area (Å²) in [4.78, 5) is 33.0. The molecule has 3 rings (SSSR count). The number of H-pyrrole nitrogens is 1. The van der Waals surface area contributed by atoms with Gasteiger partial charge in [0.25, 0.3) is 5.56 Å². The molecule has 29 heavy (non-hydrogen) atoms. The Kier molecular flexibility index (Phi) is 7.02. The van der Waals surface area contributed by atoms with Crippen molar-refractivity contribution in [2.45, 2.75) is 37.9 Å². The highest BCUT2D eigenvalue weighted by molar-refractivity contribution is 8.07. The van der Waals surface area contributed by atoms with Crippen LogP contribution in [0.4, 0.5) is 5.95 Å². The maximum absolute atomic E-state index is 12.1. The number of imidazole rings is 1. The average molecular weight is 449 g/mol. The number of methoxy groups -OCH3 is 1. The average Bonchev–Trinajstić information content (AvgIpc) is 3.23. The number of hydrogen-bond acceptors (Lipinski definition) is 10. The summed E-state index contributed by atoms with van der Waals surface area (Å²) in [6.45, 7) is -1.02. The first kappa shape index (κ1) is 22.2. The van der Waals surface area contributed by atoms with Crippen LogP contribution in [0.3, 0.4) is 0 Å². The molecule has 0 amide bonds. The van der Waals surface area contributed by atoms with E-state index in [1.807, 2.05) is 6.92 Å². The maximum atomic E-state index is 12.1. The highest BCUT2D eigenvalue weighted by Gasteiger charge is 2.49. The number of fused-ring (bicyclic) bond motifs is 1. The minimum atomic E-state index is -3.49. The number of aromatic nitrogens is 4. The zero-order chi connectivity index (χ0) is 21.2. The molecule has 2 aromatic rings. The first-order valence-corrected chi connectivity index (χ1v) is 11.5. The van der Waals surface area contributed by atoms with E-state index in [1.54, 1.807) is 11.7 Å². The van der Waals surface area contributed by atoms with Gasteiger partial charge in [-0.2, -0.15) is 4.98 Å². The SMILES string of the molecule is CC[C@H]1O[C@@H](n2cnc3c(=O)[nH]c(N)nc32)C(OCCOC)C1OP(O)(=S)OC. The number of anilines is 1. The minimum Gasteiger partial charge on any atom is -0.382 e. The molecule has 0 saturated carbocycles. The van der Waals surface area contributed by atoms with E-state index in [-0.39, 0.29) is 23.7 Å². The third-order valence-corrected chi connectivity index (χ3v) is 6.17. The standard InChI is InChI=1S/C15H24N5O7PS/c1-4-8-10(27-28(22,29)24-3)11(25-6-5-23-2)14(26-8)20-7-17-9-12(20)18-15(16)19-13(9)21/h7-8,10-11,14H,4-6H2,1-3H3,(H,22,29)(H3,16,18,19,21)/t8-,10?,11?,14-,28?/m1/s1. The van der Waals surface area contributed by atoms with Crippen molar-refractivity contribution in [3.05, 3.63) is 16.7 Å². The molecule has 1 saturated heterocycles. The second-order valence-electron chi connectivity index (χ2n) is 6.30. The van der Waals surface area contributed by atoms with Gasteiger partial charge in [0.2, 0.25) is 5.95 Å². The molecule has 3 heterocycles. The molecule has 5 atom stereocenters. The summed E-state index contributed by atoms with van der Waals surface area (Å²) in [6.07, 6.45) is -0.688. The van der Waals surface area contributed by atoms with Crippen molar-refractivity contribution in [1.82, 2.24) is 19.5 Å². The summed E-state index contributed by atoms with van der Waals surface area (Å²) in [7, 11) is 2.83. The van der Waals surface area contributed by atoms with E-state index in [1.165, 1.54) is 13.4 Å². The van der Waals surface area contributed by atoms with Gasteiger partial charge in [-0.3, -0.25) is 18.9 Å². The summed E-state index contributed by atoms with van der Waals surface area (Å²) in [5.41, 5.74) is 5.57. The van der Waals surface area contributed by atoms with Crippen LogP contribution in [-0.4, -0.2) is 70.2 Å². The van der Waals surface area contributed by atoms with E-state index >= 15 is 0 Å². The fourth-order valence-corrected chi connectivity index (χ4v) is 4.11. The van der Waals surface area contributed by atoms with Gasteiger partial charge in [-0.25, -0.2) is 4.98 Å². The third kappa shape index (κ3) is 4.67. The lowest BCUT2D eigenvalue weighted by Crippen LogP contribution is -2.36. The Morgan fingerprint density at radius 2 is 2.17 bits per heavy atom. The summed E-state index contributed by atoms with van der Waals surface area (Å²) < 4.78 is 29.3. The number of nitrogens with two attached hydrogens (primary N) is 1. The molecule has 0 spiro atoms. The molecule has 1 aliphatic heterocycles. The molecule has 4 N–H and O–H groups in total. The maximum Gasteiger partial charge on any atom is 0.324 e. The second kappa shape index (κ2) is 9.14. The summed E-state index contributed by atoms with van der Waals surface area (Å²) in [6, 6.07) is 0. The molecule has 0 aromatic carbocycles. The van der Waals surface area contributed by atoms with E-state index in [4.69, 9.17) is 40.8 Å². The molecular weight excluding hydrogens is 425 g/mol. The van der Waals surface area contributed by atoms with E-state index in [0.29, 0.717) is 13.0 Å². The molecule has 0 radical (unpaired) electrons. The number of ether oxygens (including phenoxy) is 3. The van der Waals surface area contributed by atoms with Gasteiger partial charge in [-0.15, -0.1) is 0 Å². The van der Waals surface area contributed by atoms with Crippen LogP contribution >= 0.6 is 6.72 Å². The fourth-order valence-electron chi connectivity index (χ4n) is 3.16. The molecular formula is C15H24N5O7PS. The predicted octanol–water partition coefficient (Wildman–Crippen LogP) is 0.289. The molecule has 0 aliphatic carbocycles. The summed E-state index contributed by atoms with van der Waals surface area (Å²) in [5.74, 6) is -0.0517. The van der Waals surface area contributed by atoms with Crippen LogP contribution in [0.25, 0.3) is 11.2 Å². The van der Waals surface area contributed by atoms with Gasteiger partial charge in [-0.05, 0) is 18.2 Å². The smallest absolute Gasteiger partial charge is 0.324 e. The van der Waals surface area contributed by atoms with Gasteiger partial charge >= 0.3 is 6.72 Å². The van der Waals surface area contributed by atoms with E-state index in [0.717, 1.165) is 0 Å². The number of aromatic amines is 1. The zero-order valence-corrected chi connectivity index (χ0v) is 17.9. The number of nitrogen functional groups attached to an aromatic ring is 1. The lowest BCUT2D eigenvalue weighted by molar-refractivity contribution is -0.0753. The van der Waals surface area contributed by atoms with Crippen LogP contribution < -0.4 is 11.3 Å². The fraction of sp³-hybridized carbons (Fsp3) is 0.667. The van der Waals surface area contributed by atoms with Gasteiger partial charge in [0.1, 0.15) is 12.2 Å². The van der Waals surface area contributed by atoms with Gasteiger partial charge in [0.15, 0.2) is 17.4 Å². The predicted molar refractivity (Wildman–Crippen MR) is 107 cm³/mol. The van der Waals surface area contributed by atoms with Crippen LogP contribution in [-0.2, 0) is 35.1 Å². The Labute approximate surface area is 171 Å².